The van der Waals surface area contributed by atoms with Gasteiger partial charge >= 0.3 is 0 Å². The van der Waals surface area contributed by atoms with Crippen molar-refractivity contribution in [1.82, 2.24) is 0 Å². The molecule has 0 bridgehead atoms. The molecule has 0 aliphatic heterocycles. The lowest BCUT2D eigenvalue weighted by atomic mass is 10.0. The van der Waals surface area contributed by atoms with Crippen LogP contribution >= 0.6 is 0 Å². The van der Waals surface area contributed by atoms with Gasteiger partial charge in [-0.2, -0.15) is 0 Å². The Balaban J connectivity index is 1.73. The number of ether oxygens (including phenoxy) is 4. The minimum absolute atomic E-state index is 0.00398. The highest BCUT2D eigenvalue weighted by Gasteiger charge is 2.33. The van der Waals surface area contributed by atoms with Gasteiger partial charge in [-0.3, -0.25) is 9.59 Å². The summed E-state index contributed by atoms with van der Waals surface area (Å²) in [4.78, 5) is 25.0. The van der Waals surface area contributed by atoms with Gasteiger partial charge in [0.25, 0.3) is 5.91 Å². The van der Waals surface area contributed by atoms with Crippen molar-refractivity contribution in [3.8, 4) is 23.0 Å². The number of amides is 1. The van der Waals surface area contributed by atoms with Gasteiger partial charge in [0.05, 0.1) is 27.0 Å². The molecule has 1 amide bonds. The molecule has 1 aliphatic rings. The number of methoxy groups -OCH3 is 3. The van der Waals surface area contributed by atoms with Gasteiger partial charge in [0, 0.05) is 17.5 Å². The smallest absolute Gasteiger partial charge is 0.262 e. The van der Waals surface area contributed by atoms with Gasteiger partial charge in [-0.25, -0.2) is 0 Å². The van der Waals surface area contributed by atoms with Crippen molar-refractivity contribution in [3.05, 3.63) is 42.0 Å². The third-order valence-corrected chi connectivity index (χ3v) is 4.44. The summed E-state index contributed by atoms with van der Waals surface area (Å²) in [5.74, 6) is 1.73. The zero-order chi connectivity index (χ0) is 20.1. The van der Waals surface area contributed by atoms with Crippen molar-refractivity contribution < 1.29 is 28.5 Å². The number of ketones is 1. The number of carbonyl (C=O) groups is 2. The van der Waals surface area contributed by atoms with E-state index in [-0.39, 0.29) is 24.2 Å². The molecule has 28 heavy (non-hydrogen) atoms. The second kappa shape index (κ2) is 8.65. The highest BCUT2D eigenvalue weighted by molar-refractivity contribution is 6.07. The Kier molecular flexibility index (Phi) is 6.03. The molecule has 0 radical (unpaired) electrons. The summed E-state index contributed by atoms with van der Waals surface area (Å²) in [6.45, 7) is -0.197. The molecule has 2 aromatic carbocycles. The summed E-state index contributed by atoms with van der Waals surface area (Å²) < 4.78 is 21.2. The van der Waals surface area contributed by atoms with Crippen LogP contribution in [-0.4, -0.2) is 39.6 Å². The average Bonchev–Trinajstić information content (AvgIpc) is 3.57. The van der Waals surface area contributed by atoms with E-state index in [1.165, 1.54) is 14.2 Å². The van der Waals surface area contributed by atoms with E-state index in [0.29, 0.717) is 34.2 Å². The number of hydrogen-bond acceptors (Lipinski definition) is 6. The standard InChI is InChI=1S/C21H23NO6/c1-25-14-6-8-15(9-7-14)28-12-20(23)22-17-11-19(27-3)18(26-2)10-16(17)21(24)13-4-5-13/h6-11,13H,4-5,12H2,1-3H3,(H,22,23). The summed E-state index contributed by atoms with van der Waals surface area (Å²) in [6, 6.07) is 10.1. The third kappa shape index (κ3) is 4.54. The molecule has 0 spiro atoms. The zero-order valence-corrected chi connectivity index (χ0v) is 16.1. The summed E-state index contributed by atoms with van der Waals surface area (Å²) in [6.07, 6.45) is 1.72. The molecule has 0 unspecified atom stereocenters. The molecule has 2 aromatic rings. The van der Waals surface area contributed by atoms with E-state index in [1.54, 1.807) is 43.5 Å². The zero-order valence-electron chi connectivity index (χ0n) is 16.1. The van der Waals surface area contributed by atoms with Crippen LogP contribution in [0.15, 0.2) is 36.4 Å². The Morgan fingerprint density at radius 1 is 0.929 bits per heavy atom. The van der Waals surface area contributed by atoms with E-state index < -0.39 is 0 Å². The first-order chi connectivity index (χ1) is 13.5. The number of nitrogens with one attached hydrogen (secondary N) is 1. The third-order valence-electron chi connectivity index (χ3n) is 4.44. The molecule has 0 atom stereocenters. The number of benzene rings is 2. The lowest BCUT2D eigenvalue weighted by molar-refractivity contribution is -0.118. The molecule has 7 nitrogen and oxygen atoms in total. The predicted octanol–water partition coefficient (Wildman–Crippen LogP) is 3.32. The molecular weight excluding hydrogens is 362 g/mol. The lowest BCUT2D eigenvalue weighted by Crippen LogP contribution is -2.22. The van der Waals surface area contributed by atoms with Crippen LogP contribution in [0.25, 0.3) is 0 Å². The molecule has 7 heteroatoms. The summed E-state index contributed by atoms with van der Waals surface area (Å²) in [5, 5.41) is 2.75. The fourth-order valence-electron chi connectivity index (χ4n) is 2.76. The fourth-order valence-corrected chi connectivity index (χ4v) is 2.76. The normalized spacial score (nSPS) is 12.8. The van der Waals surface area contributed by atoms with Crippen LogP contribution in [0, 0.1) is 5.92 Å². The maximum Gasteiger partial charge on any atom is 0.262 e. The van der Waals surface area contributed by atoms with Gasteiger partial charge in [0.2, 0.25) is 0 Å². The van der Waals surface area contributed by atoms with Crippen LogP contribution in [0.1, 0.15) is 23.2 Å². The molecule has 0 heterocycles. The largest absolute Gasteiger partial charge is 0.497 e. The Labute approximate surface area is 163 Å². The molecule has 0 aromatic heterocycles. The summed E-state index contributed by atoms with van der Waals surface area (Å²) >= 11 is 0. The van der Waals surface area contributed by atoms with E-state index >= 15 is 0 Å². The summed E-state index contributed by atoms with van der Waals surface area (Å²) in [5.41, 5.74) is 0.802. The number of rotatable bonds is 9. The Morgan fingerprint density at radius 3 is 2.11 bits per heavy atom. The second-order valence-corrected chi connectivity index (χ2v) is 6.40. The molecule has 1 saturated carbocycles. The first-order valence-corrected chi connectivity index (χ1v) is 8.92. The molecule has 1 fully saturated rings. The first-order valence-electron chi connectivity index (χ1n) is 8.92. The Hall–Kier alpha value is -3.22. The van der Waals surface area contributed by atoms with Crippen molar-refractivity contribution in [1.29, 1.82) is 0 Å². The van der Waals surface area contributed by atoms with Gasteiger partial charge in [-0.1, -0.05) is 0 Å². The average molecular weight is 385 g/mol. The van der Waals surface area contributed by atoms with Gasteiger partial charge in [-0.15, -0.1) is 0 Å². The van der Waals surface area contributed by atoms with E-state index in [0.717, 1.165) is 12.8 Å². The number of Topliss-reactive ketones (excluding diaryl/α,β-unsaturated/α-hetero) is 1. The lowest BCUT2D eigenvalue weighted by Gasteiger charge is -2.15. The first kappa shape index (κ1) is 19.5. The van der Waals surface area contributed by atoms with Crippen LogP contribution < -0.4 is 24.3 Å². The van der Waals surface area contributed by atoms with Crippen LogP contribution in [0.3, 0.4) is 0 Å². The SMILES string of the molecule is COc1ccc(OCC(=O)Nc2cc(OC)c(OC)cc2C(=O)C2CC2)cc1. The Morgan fingerprint density at radius 2 is 1.54 bits per heavy atom. The topological polar surface area (TPSA) is 83.1 Å². The van der Waals surface area contributed by atoms with Crippen LogP contribution in [0.5, 0.6) is 23.0 Å². The van der Waals surface area contributed by atoms with Gasteiger partial charge in [0.15, 0.2) is 23.9 Å². The van der Waals surface area contributed by atoms with Crippen molar-refractivity contribution in [2.45, 2.75) is 12.8 Å². The van der Waals surface area contributed by atoms with Crippen molar-refractivity contribution in [2.75, 3.05) is 33.3 Å². The molecule has 3 rings (SSSR count). The maximum atomic E-state index is 12.6. The second-order valence-electron chi connectivity index (χ2n) is 6.40. The van der Waals surface area contributed by atoms with Crippen molar-refractivity contribution >= 4 is 17.4 Å². The van der Waals surface area contributed by atoms with E-state index in [9.17, 15) is 9.59 Å². The van der Waals surface area contributed by atoms with Gasteiger partial charge in [-0.05, 0) is 43.2 Å². The number of carbonyl (C=O) groups excluding carboxylic acids is 2. The van der Waals surface area contributed by atoms with E-state index in [2.05, 4.69) is 5.32 Å². The fraction of sp³-hybridized carbons (Fsp3) is 0.333. The minimum Gasteiger partial charge on any atom is -0.497 e. The number of hydrogen-bond donors (Lipinski definition) is 1. The highest BCUT2D eigenvalue weighted by Crippen LogP contribution is 2.39. The molecule has 148 valence electrons. The van der Waals surface area contributed by atoms with Crippen LogP contribution in [0.2, 0.25) is 0 Å². The molecule has 1 aliphatic carbocycles. The summed E-state index contributed by atoms with van der Waals surface area (Å²) in [7, 11) is 4.58. The predicted molar refractivity (Wildman–Crippen MR) is 104 cm³/mol. The van der Waals surface area contributed by atoms with E-state index in [4.69, 9.17) is 18.9 Å². The molecular formula is C21H23NO6. The van der Waals surface area contributed by atoms with E-state index in [1.807, 2.05) is 0 Å². The van der Waals surface area contributed by atoms with Gasteiger partial charge < -0.3 is 24.3 Å². The van der Waals surface area contributed by atoms with Gasteiger partial charge in [0.1, 0.15) is 11.5 Å². The van der Waals surface area contributed by atoms with Crippen molar-refractivity contribution in [2.24, 2.45) is 5.92 Å². The number of anilines is 1. The molecule has 1 N–H and O–H groups in total. The monoisotopic (exact) mass is 385 g/mol. The highest BCUT2D eigenvalue weighted by atomic mass is 16.5. The quantitative estimate of drug-likeness (QED) is 0.667. The van der Waals surface area contributed by atoms with Crippen LogP contribution in [-0.2, 0) is 4.79 Å². The van der Waals surface area contributed by atoms with Crippen LogP contribution in [0.4, 0.5) is 5.69 Å². The molecule has 0 saturated heterocycles. The Bertz CT molecular complexity index is 858. The maximum absolute atomic E-state index is 12.6. The van der Waals surface area contributed by atoms with Crippen molar-refractivity contribution in [3.63, 3.8) is 0 Å². The minimum atomic E-state index is -0.382.